The van der Waals surface area contributed by atoms with Gasteiger partial charge in [-0.05, 0) is 12.3 Å². The third kappa shape index (κ3) is 2.26. The molecule has 5 rings (SSSR count). The number of hydrogen-bond donors (Lipinski definition) is 1. The van der Waals surface area contributed by atoms with Gasteiger partial charge in [0.2, 0.25) is 0 Å². The number of fused-ring (bicyclic) bond motifs is 2. The van der Waals surface area contributed by atoms with Gasteiger partial charge in [-0.15, -0.1) is 11.3 Å². The molecule has 1 saturated heterocycles. The van der Waals surface area contributed by atoms with Crippen LogP contribution in [-0.4, -0.2) is 37.9 Å². The third-order valence-electron chi connectivity index (χ3n) is 6.19. The van der Waals surface area contributed by atoms with Crippen molar-refractivity contribution in [3.63, 3.8) is 0 Å². The van der Waals surface area contributed by atoms with Crippen molar-refractivity contribution >= 4 is 17.2 Å². The molecular weight excluding hydrogens is 326 g/mol. The molecule has 1 aromatic rings. The van der Waals surface area contributed by atoms with Crippen molar-refractivity contribution in [3.8, 4) is 11.5 Å². The first kappa shape index (κ1) is 15.0. The minimum absolute atomic E-state index is 0.00917. The SMILES string of the molecule is O=C(N[C@H]1[C@H]2CCO[C@H]2[C@H]1C1CCCC1)c1scc2c1OCCO2. The summed E-state index contributed by atoms with van der Waals surface area (Å²) >= 11 is 1.42. The summed E-state index contributed by atoms with van der Waals surface area (Å²) in [4.78, 5) is 13.5. The Morgan fingerprint density at radius 2 is 1.96 bits per heavy atom. The number of amides is 1. The third-order valence-corrected chi connectivity index (χ3v) is 7.13. The fraction of sp³-hybridized carbons (Fsp3) is 0.722. The molecule has 130 valence electrons. The average molecular weight is 349 g/mol. The van der Waals surface area contributed by atoms with Crippen molar-refractivity contribution in [3.05, 3.63) is 10.3 Å². The zero-order chi connectivity index (χ0) is 16.1. The van der Waals surface area contributed by atoms with E-state index in [-0.39, 0.29) is 11.9 Å². The van der Waals surface area contributed by atoms with Crippen LogP contribution < -0.4 is 14.8 Å². The molecule has 1 aromatic heterocycles. The van der Waals surface area contributed by atoms with E-state index >= 15 is 0 Å². The summed E-state index contributed by atoms with van der Waals surface area (Å²) in [5, 5.41) is 5.20. The summed E-state index contributed by atoms with van der Waals surface area (Å²) in [6.07, 6.45) is 6.66. The molecule has 4 aliphatic rings. The molecule has 6 heteroatoms. The zero-order valence-electron chi connectivity index (χ0n) is 13.7. The van der Waals surface area contributed by atoms with Gasteiger partial charge in [0.05, 0.1) is 6.10 Å². The van der Waals surface area contributed by atoms with Gasteiger partial charge in [0, 0.05) is 29.9 Å². The minimum Gasteiger partial charge on any atom is -0.485 e. The summed E-state index contributed by atoms with van der Waals surface area (Å²) in [5.41, 5.74) is 0. The lowest BCUT2D eigenvalue weighted by molar-refractivity contribution is -0.0784. The molecule has 5 nitrogen and oxygen atoms in total. The molecular formula is C18H23NO4S. The van der Waals surface area contributed by atoms with Crippen LogP contribution >= 0.6 is 11.3 Å². The van der Waals surface area contributed by atoms with E-state index in [1.165, 1.54) is 37.0 Å². The maximum atomic E-state index is 12.9. The number of hydrogen-bond acceptors (Lipinski definition) is 5. The van der Waals surface area contributed by atoms with E-state index in [2.05, 4.69) is 5.32 Å². The number of thiophene rings is 1. The topological polar surface area (TPSA) is 56.8 Å². The first-order chi connectivity index (χ1) is 11.8. The summed E-state index contributed by atoms with van der Waals surface area (Å²) in [6.45, 7) is 1.91. The van der Waals surface area contributed by atoms with Crippen molar-refractivity contribution in [2.75, 3.05) is 19.8 Å². The molecule has 2 saturated carbocycles. The van der Waals surface area contributed by atoms with Crippen LogP contribution in [0.1, 0.15) is 41.8 Å². The molecule has 3 heterocycles. The number of carbonyl (C=O) groups excluding carboxylic acids is 1. The second-order valence-electron chi connectivity index (χ2n) is 7.36. The molecule has 2 aliphatic heterocycles. The zero-order valence-corrected chi connectivity index (χ0v) is 14.5. The second kappa shape index (κ2) is 5.92. The van der Waals surface area contributed by atoms with E-state index in [1.54, 1.807) is 0 Å². The van der Waals surface area contributed by atoms with Crippen LogP contribution in [0.5, 0.6) is 11.5 Å². The van der Waals surface area contributed by atoms with Crippen molar-refractivity contribution in [1.82, 2.24) is 5.32 Å². The normalized spacial score (nSPS) is 34.7. The molecule has 0 aromatic carbocycles. The van der Waals surface area contributed by atoms with Crippen LogP contribution in [0.15, 0.2) is 5.38 Å². The van der Waals surface area contributed by atoms with Gasteiger partial charge in [-0.1, -0.05) is 25.7 Å². The molecule has 24 heavy (non-hydrogen) atoms. The van der Waals surface area contributed by atoms with E-state index in [0.29, 0.717) is 53.4 Å². The van der Waals surface area contributed by atoms with E-state index < -0.39 is 0 Å². The lowest BCUT2D eigenvalue weighted by Gasteiger charge is -2.50. The van der Waals surface area contributed by atoms with Gasteiger partial charge in [0.1, 0.15) is 18.1 Å². The summed E-state index contributed by atoms with van der Waals surface area (Å²) < 4.78 is 17.2. The van der Waals surface area contributed by atoms with Crippen LogP contribution in [0.25, 0.3) is 0 Å². The number of rotatable bonds is 3. The quantitative estimate of drug-likeness (QED) is 0.912. The molecule has 0 spiro atoms. The highest BCUT2D eigenvalue weighted by molar-refractivity contribution is 7.12. The number of carbonyl (C=O) groups is 1. The fourth-order valence-electron chi connectivity index (χ4n) is 5.10. The van der Waals surface area contributed by atoms with Gasteiger partial charge in [0.15, 0.2) is 11.5 Å². The van der Waals surface area contributed by atoms with Gasteiger partial charge in [-0.2, -0.15) is 0 Å². The van der Waals surface area contributed by atoms with Crippen LogP contribution in [0.4, 0.5) is 0 Å². The van der Waals surface area contributed by atoms with Gasteiger partial charge >= 0.3 is 0 Å². The summed E-state index contributed by atoms with van der Waals surface area (Å²) in [6, 6.07) is 0.260. The highest BCUT2D eigenvalue weighted by Gasteiger charge is 2.57. The van der Waals surface area contributed by atoms with E-state index in [0.717, 1.165) is 13.0 Å². The van der Waals surface area contributed by atoms with Crippen molar-refractivity contribution in [1.29, 1.82) is 0 Å². The van der Waals surface area contributed by atoms with Crippen molar-refractivity contribution < 1.29 is 19.0 Å². The maximum Gasteiger partial charge on any atom is 0.265 e. The van der Waals surface area contributed by atoms with Crippen molar-refractivity contribution in [2.24, 2.45) is 17.8 Å². The Balaban J connectivity index is 1.34. The molecule has 0 radical (unpaired) electrons. The lowest BCUT2D eigenvalue weighted by atomic mass is 9.61. The largest absolute Gasteiger partial charge is 0.485 e. The number of ether oxygens (including phenoxy) is 3. The first-order valence-corrected chi connectivity index (χ1v) is 10.0. The first-order valence-electron chi connectivity index (χ1n) is 9.12. The Morgan fingerprint density at radius 1 is 1.12 bits per heavy atom. The highest BCUT2D eigenvalue weighted by atomic mass is 32.1. The molecule has 3 fully saturated rings. The molecule has 2 aliphatic carbocycles. The predicted octanol–water partition coefficient (Wildman–Crippen LogP) is 2.84. The fourth-order valence-corrected chi connectivity index (χ4v) is 5.93. The van der Waals surface area contributed by atoms with E-state index in [1.807, 2.05) is 5.38 Å². The van der Waals surface area contributed by atoms with Gasteiger partial charge in [-0.25, -0.2) is 0 Å². The van der Waals surface area contributed by atoms with Crippen LogP contribution in [0, 0.1) is 17.8 Å². The van der Waals surface area contributed by atoms with E-state index in [9.17, 15) is 4.79 Å². The Morgan fingerprint density at radius 3 is 2.83 bits per heavy atom. The number of nitrogens with one attached hydrogen (secondary N) is 1. The van der Waals surface area contributed by atoms with Gasteiger partial charge in [0.25, 0.3) is 5.91 Å². The summed E-state index contributed by atoms with van der Waals surface area (Å²) in [7, 11) is 0. The standard InChI is InChI=1S/C18H23NO4S/c20-18(17-16-12(9-24-17)21-7-8-23-16)19-14-11-5-6-22-15(11)13(14)10-3-1-2-4-10/h9-11,13-15H,1-8H2,(H,19,20)/t11-,13+,14+,15-/m1/s1. The molecule has 1 amide bonds. The maximum absolute atomic E-state index is 12.9. The highest BCUT2D eigenvalue weighted by Crippen LogP contribution is 2.51. The van der Waals surface area contributed by atoms with Gasteiger partial charge in [-0.3, -0.25) is 4.79 Å². The lowest BCUT2D eigenvalue weighted by Crippen LogP contribution is -2.63. The smallest absolute Gasteiger partial charge is 0.265 e. The second-order valence-corrected chi connectivity index (χ2v) is 8.24. The molecule has 4 atom stereocenters. The Labute approximate surface area is 145 Å². The molecule has 0 unspecified atom stereocenters. The Kier molecular flexibility index (Phi) is 3.70. The van der Waals surface area contributed by atoms with Crippen LogP contribution in [-0.2, 0) is 4.74 Å². The van der Waals surface area contributed by atoms with Gasteiger partial charge < -0.3 is 19.5 Å². The predicted molar refractivity (Wildman–Crippen MR) is 89.9 cm³/mol. The van der Waals surface area contributed by atoms with Crippen LogP contribution in [0.3, 0.4) is 0 Å². The average Bonchev–Trinajstić information content (AvgIpc) is 3.33. The minimum atomic E-state index is -0.00917. The van der Waals surface area contributed by atoms with Crippen molar-refractivity contribution in [2.45, 2.75) is 44.2 Å². The summed E-state index contributed by atoms with van der Waals surface area (Å²) in [5.74, 6) is 3.03. The monoisotopic (exact) mass is 349 g/mol. The Hall–Kier alpha value is -1.27. The van der Waals surface area contributed by atoms with E-state index in [4.69, 9.17) is 14.2 Å². The Bertz CT molecular complexity index is 634. The van der Waals surface area contributed by atoms with Crippen LogP contribution in [0.2, 0.25) is 0 Å². The molecule has 1 N–H and O–H groups in total. The molecule has 0 bridgehead atoms.